The molecule has 0 spiro atoms. The van der Waals surface area contributed by atoms with E-state index < -0.39 is 11.8 Å². The normalized spacial score (nSPS) is 26.7. The van der Waals surface area contributed by atoms with E-state index in [-0.39, 0.29) is 5.76 Å². The number of aliphatic hydroxyl groups is 1. The first-order valence-corrected chi connectivity index (χ1v) is 4.76. The molecular formula is C10H16O4. The molecule has 1 aliphatic heterocycles. The van der Waals surface area contributed by atoms with Gasteiger partial charge < -0.3 is 14.6 Å². The molecule has 0 aliphatic carbocycles. The number of esters is 1. The molecule has 1 aliphatic rings. The van der Waals surface area contributed by atoms with E-state index in [1.165, 1.54) is 14.0 Å². The van der Waals surface area contributed by atoms with Crippen LogP contribution in [0.25, 0.3) is 0 Å². The predicted molar refractivity (Wildman–Crippen MR) is 50.3 cm³/mol. The molecule has 0 saturated heterocycles. The molecule has 0 aromatic rings. The summed E-state index contributed by atoms with van der Waals surface area (Å²) in [5.41, 5.74) is 0.548. The Balaban J connectivity index is 2.90. The van der Waals surface area contributed by atoms with Gasteiger partial charge in [0.2, 0.25) is 11.5 Å². The molecule has 1 N–H and O–H groups in total. The maximum absolute atomic E-state index is 11.2. The minimum atomic E-state index is -1.49. The summed E-state index contributed by atoms with van der Waals surface area (Å²) in [5.74, 6) is -1.91. The van der Waals surface area contributed by atoms with Crippen LogP contribution >= 0.6 is 0 Å². The Hall–Kier alpha value is -1.03. The average molecular weight is 200 g/mol. The summed E-state index contributed by atoms with van der Waals surface area (Å²) in [4.78, 5) is 11.2. The highest BCUT2D eigenvalue weighted by molar-refractivity contribution is 5.90. The highest BCUT2D eigenvalue weighted by Gasteiger charge is 2.43. The van der Waals surface area contributed by atoms with Crippen molar-refractivity contribution >= 4 is 5.97 Å². The van der Waals surface area contributed by atoms with Crippen molar-refractivity contribution in [2.45, 2.75) is 38.9 Å². The molecule has 0 aromatic heterocycles. The molecule has 0 amide bonds. The fourth-order valence-corrected chi connectivity index (χ4v) is 1.53. The molecule has 0 radical (unpaired) electrons. The van der Waals surface area contributed by atoms with Crippen molar-refractivity contribution < 1.29 is 19.4 Å². The minimum absolute atomic E-state index is 0.156. The van der Waals surface area contributed by atoms with Crippen molar-refractivity contribution in [1.82, 2.24) is 0 Å². The number of methoxy groups -OCH3 is 1. The molecule has 1 atom stereocenters. The maximum Gasteiger partial charge on any atom is 0.376 e. The van der Waals surface area contributed by atoms with Gasteiger partial charge in [-0.1, -0.05) is 13.3 Å². The molecule has 4 heteroatoms. The fourth-order valence-electron chi connectivity index (χ4n) is 1.53. The molecule has 14 heavy (non-hydrogen) atoms. The van der Waals surface area contributed by atoms with Crippen LogP contribution < -0.4 is 0 Å². The van der Waals surface area contributed by atoms with Gasteiger partial charge in [-0.2, -0.15) is 0 Å². The summed E-state index contributed by atoms with van der Waals surface area (Å²) in [6.07, 6.45) is 2.51. The van der Waals surface area contributed by atoms with Crippen LogP contribution in [0.15, 0.2) is 11.3 Å². The zero-order valence-corrected chi connectivity index (χ0v) is 8.79. The molecule has 4 nitrogen and oxygen atoms in total. The van der Waals surface area contributed by atoms with E-state index in [4.69, 9.17) is 9.47 Å². The van der Waals surface area contributed by atoms with E-state index in [0.29, 0.717) is 12.0 Å². The summed E-state index contributed by atoms with van der Waals surface area (Å²) in [7, 11) is 1.41. The van der Waals surface area contributed by atoms with Crippen molar-refractivity contribution in [2.24, 2.45) is 0 Å². The lowest BCUT2D eigenvalue weighted by Gasteiger charge is -2.18. The van der Waals surface area contributed by atoms with Crippen LogP contribution in [0.1, 0.15) is 33.1 Å². The second-order valence-corrected chi connectivity index (χ2v) is 3.49. The smallest absolute Gasteiger partial charge is 0.376 e. The van der Waals surface area contributed by atoms with Gasteiger partial charge in [-0.3, -0.25) is 0 Å². The van der Waals surface area contributed by atoms with Gasteiger partial charge in [-0.25, -0.2) is 4.79 Å². The van der Waals surface area contributed by atoms with Crippen LogP contribution in [0, 0.1) is 0 Å². The number of carbonyl (C=O) groups excluding carboxylic acids is 1. The highest BCUT2D eigenvalue weighted by Crippen LogP contribution is 2.33. The Morgan fingerprint density at radius 1 is 1.57 bits per heavy atom. The summed E-state index contributed by atoms with van der Waals surface area (Å²) in [5, 5.41) is 9.77. The Morgan fingerprint density at radius 2 is 2.21 bits per heavy atom. The standard InChI is InChI=1S/C10H16O4/c1-4-5-6-7-8(13-3)9(11)14-10(7,2)12/h12H,4-6H2,1-3H3/t10-/m0/s1. The number of rotatable bonds is 4. The molecule has 0 aromatic carbocycles. The molecule has 0 saturated carbocycles. The molecule has 0 fully saturated rings. The average Bonchev–Trinajstić information content (AvgIpc) is 2.31. The molecule has 1 heterocycles. The number of carbonyl (C=O) groups is 1. The lowest BCUT2D eigenvalue weighted by molar-refractivity contribution is -0.177. The van der Waals surface area contributed by atoms with E-state index in [9.17, 15) is 9.90 Å². The number of hydrogen-bond acceptors (Lipinski definition) is 4. The summed E-state index contributed by atoms with van der Waals surface area (Å²) in [6, 6.07) is 0. The summed E-state index contributed by atoms with van der Waals surface area (Å²) < 4.78 is 9.69. The van der Waals surface area contributed by atoms with Crippen LogP contribution in [0.3, 0.4) is 0 Å². The largest absolute Gasteiger partial charge is 0.490 e. The first-order chi connectivity index (χ1) is 6.53. The van der Waals surface area contributed by atoms with Crippen molar-refractivity contribution in [3.63, 3.8) is 0 Å². The third-order valence-electron chi connectivity index (χ3n) is 2.30. The third kappa shape index (κ3) is 1.90. The molecule has 80 valence electrons. The first-order valence-electron chi connectivity index (χ1n) is 4.76. The van der Waals surface area contributed by atoms with Gasteiger partial charge in [0.05, 0.1) is 12.7 Å². The van der Waals surface area contributed by atoms with Gasteiger partial charge in [0.25, 0.3) is 0 Å². The van der Waals surface area contributed by atoms with Gasteiger partial charge in [-0.05, 0) is 12.8 Å². The topological polar surface area (TPSA) is 55.8 Å². The predicted octanol–water partition coefficient (Wildman–Crippen LogP) is 1.34. The number of hydrogen-bond donors (Lipinski definition) is 1. The van der Waals surface area contributed by atoms with Gasteiger partial charge in [0.1, 0.15) is 0 Å². The molecule has 0 unspecified atom stereocenters. The minimum Gasteiger partial charge on any atom is -0.490 e. The van der Waals surface area contributed by atoms with E-state index in [2.05, 4.69) is 0 Å². The van der Waals surface area contributed by atoms with Crippen molar-refractivity contribution in [1.29, 1.82) is 0 Å². The summed E-state index contributed by atoms with van der Waals surface area (Å²) in [6.45, 7) is 3.50. The molecular weight excluding hydrogens is 184 g/mol. The Morgan fingerprint density at radius 3 is 2.71 bits per heavy atom. The van der Waals surface area contributed by atoms with E-state index >= 15 is 0 Å². The van der Waals surface area contributed by atoms with E-state index in [0.717, 1.165) is 12.8 Å². The van der Waals surface area contributed by atoms with Gasteiger partial charge in [-0.15, -0.1) is 0 Å². The van der Waals surface area contributed by atoms with E-state index in [1.54, 1.807) is 0 Å². The van der Waals surface area contributed by atoms with Crippen molar-refractivity contribution in [3.05, 3.63) is 11.3 Å². The van der Waals surface area contributed by atoms with Crippen molar-refractivity contribution in [2.75, 3.05) is 7.11 Å². The van der Waals surface area contributed by atoms with Gasteiger partial charge in [0.15, 0.2) is 0 Å². The van der Waals surface area contributed by atoms with Crippen LogP contribution in [0.5, 0.6) is 0 Å². The maximum atomic E-state index is 11.2. The SMILES string of the molecule is CCCCC1=C(OC)C(=O)O[C@]1(C)O. The first kappa shape index (κ1) is 11.0. The Bertz CT molecular complexity index is 265. The van der Waals surface area contributed by atoms with Crippen LogP contribution in [0.4, 0.5) is 0 Å². The quantitative estimate of drug-likeness (QED) is 0.696. The van der Waals surface area contributed by atoms with Gasteiger partial charge >= 0.3 is 5.97 Å². The van der Waals surface area contributed by atoms with Crippen LogP contribution in [-0.4, -0.2) is 24.0 Å². The third-order valence-corrected chi connectivity index (χ3v) is 2.30. The number of ether oxygens (including phenoxy) is 2. The van der Waals surface area contributed by atoms with Crippen LogP contribution in [-0.2, 0) is 14.3 Å². The Kier molecular flexibility index (Phi) is 3.16. The van der Waals surface area contributed by atoms with E-state index in [1.807, 2.05) is 6.92 Å². The number of cyclic esters (lactones) is 1. The molecule has 0 bridgehead atoms. The number of unbranched alkanes of at least 4 members (excludes halogenated alkanes) is 1. The van der Waals surface area contributed by atoms with Gasteiger partial charge in [0, 0.05) is 6.92 Å². The Labute approximate surface area is 83.5 Å². The lowest BCUT2D eigenvalue weighted by atomic mass is 10.0. The zero-order valence-electron chi connectivity index (χ0n) is 8.79. The van der Waals surface area contributed by atoms with Crippen molar-refractivity contribution in [3.8, 4) is 0 Å². The summed E-state index contributed by atoms with van der Waals surface area (Å²) >= 11 is 0. The molecule has 1 rings (SSSR count). The zero-order chi connectivity index (χ0) is 10.8. The monoisotopic (exact) mass is 200 g/mol. The second kappa shape index (κ2) is 4.00. The van der Waals surface area contributed by atoms with Crippen LogP contribution in [0.2, 0.25) is 0 Å². The lowest BCUT2D eigenvalue weighted by Crippen LogP contribution is -2.27. The highest BCUT2D eigenvalue weighted by atomic mass is 16.7. The second-order valence-electron chi connectivity index (χ2n) is 3.49. The fraction of sp³-hybridized carbons (Fsp3) is 0.700.